The van der Waals surface area contributed by atoms with Gasteiger partial charge in [-0.1, -0.05) is 50.9 Å². The Morgan fingerprint density at radius 2 is 1.72 bits per heavy atom. The maximum Gasteiger partial charge on any atom is 0.0900 e. The minimum absolute atomic E-state index is 0.310. The molecule has 164 valence electrons. The van der Waals surface area contributed by atoms with Gasteiger partial charge >= 0.3 is 0 Å². The van der Waals surface area contributed by atoms with E-state index >= 15 is 0 Å². The Morgan fingerprint density at radius 1 is 1.07 bits per heavy atom. The van der Waals surface area contributed by atoms with E-state index in [9.17, 15) is 5.11 Å². The molecule has 0 spiro atoms. The van der Waals surface area contributed by atoms with E-state index in [4.69, 9.17) is 16.3 Å². The van der Waals surface area contributed by atoms with Crippen molar-refractivity contribution in [1.29, 1.82) is 0 Å². The van der Waals surface area contributed by atoms with E-state index in [0.717, 1.165) is 50.1 Å². The highest BCUT2D eigenvalue weighted by atomic mass is 35.5. The van der Waals surface area contributed by atoms with Gasteiger partial charge in [0.1, 0.15) is 0 Å². The van der Waals surface area contributed by atoms with Crippen molar-refractivity contribution in [3.05, 3.63) is 34.9 Å². The van der Waals surface area contributed by atoms with Gasteiger partial charge in [0.05, 0.1) is 18.8 Å². The van der Waals surface area contributed by atoms with Crippen molar-refractivity contribution in [2.75, 3.05) is 39.3 Å². The fourth-order valence-corrected chi connectivity index (χ4v) is 5.00. The third-order valence-corrected chi connectivity index (χ3v) is 6.97. The van der Waals surface area contributed by atoms with Crippen LogP contribution in [0.4, 0.5) is 0 Å². The molecule has 2 aliphatic rings. The highest BCUT2D eigenvalue weighted by Crippen LogP contribution is 2.35. The van der Waals surface area contributed by atoms with Crippen molar-refractivity contribution in [3.8, 4) is 0 Å². The summed E-state index contributed by atoms with van der Waals surface area (Å²) >= 11 is 5.97. The lowest BCUT2D eigenvalue weighted by Gasteiger charge is -2.38. The Kier molecular flexibility index (Phi) is 8.82. The third kappa shape index (κ3) is 7.22. The molecule has 5 heteroatoms. The van der Waals surface area contributed by atoms with E-state index in [1.807, 2.05) is 12.1 Å². The smallest absolute Gasteiger partial charge is 0.0900 e. The van der Waals surface area contributed by atoms with Gasteiger partial charge in [-0.3, -0.25) is 9.80 Å². The van der Waals surface area contributed by atoms with Crippen LogP contribution in [-0.2, 0) is 11.3 Å². The summed E-state index contributed by atoms with van der Waals surface area (Å²) in [5, 5.41) is 11.3. The zero-order valence-electron chi connectivity index (χ0n) is 18.4. The van der Waals surface area contributed by atoms with Crippen molar-refractivity contribution in [1.82, 2.24) is 9.80 Å². The fourth-order valence-electron chi connectivity index (χ4n) is 4.87. The standard InChI is InChI=1S/C24H39ClN2O2/c1-18(2)23-9-4-19(3)14-24(23)29-17-22(28)16-27-12-10-26(11-13-27)15-20-5-7-21(25)8-6-20/h5-8,18-19,22-24,28H,4,9-17H2,1-3H3/t19-,22-,23+,24-/m1/s1. The highest BCUT2D eigenvalue weighted by Gasteiger charge is 2.32. The highest BCUT2D eigenvalue weighted by molar-refractivity contribution is 6.30. The Balaban J connectivity index is 1.37. The first-order valence-corrected chi connectivity index (χ1v) is 11.8. The number of aliphatic hydroxyl groups excluding tert-OH is 1. The van der Waals surface area contributed by atoms with Crippen LogP contribution in [-0.4, -0.2) is 66.4 Å². The molecule has 4 nitrogen and oxygen atoms in total. The van der Waals surface area contributed by atoms with Crippen LogP contribution >= 0.6 is 11.6 Å². The third-order valence-electron chi connectivity index (χ3n) is 6.72. The summed E-state index contributed by atoms with van der Waals surface area (Å²) in [6.45, 7) is 13.1. The molecule has 4 atom stereocenters. The molecule has 0 radical (unpaired) electrons. The molecule has 0 unspecified atom stereocenters. The molecule has 1 aromatic rings. The molecule has 1 saturated carbocycles. The number of nitrogens with zero attached hydrogens (tertiary/aromatic N) is 2. The average Bonchev–Trinajstić information content (AvgIpc) is 2.69. The number of halogens is 1. The zero-order chi connectivity index (χ0) is 20.8. The van der Waals surface area contributed by atoms with E-state index in [2.05, 4.69) is 42.7 Å². The fraction of sp³-hybridized carbons (Fsp3) is 0.750. The van der Waals surface area contributed by atoms with Crippen LogP contribution in [0.15, 0.2) is 24.3 Å². The minimum atomic E-state index is -0.400. The molecule has 29 heavy (non-hydrogen) atoms. The van der Waals surface area contributed by atoms with Crippen LogP contribution < -0.4 is 0 Å². The number of β-amino-alcohol motifs (C(OH)–C–C–N with tert-alkyl or cyclic N) is 1. The predicted molar refractivity (Wildman–Crippen MR) is 120 cm³/mol. The first-order chi connectivity index (χ1) is 13.9. The summed E-state index contributed by atoms with van der Waals surface area (Å²) < 4.78 is 6.24. The van der Waals surface area contributed by atoms with Gasteiger partial charge in [0.25, 0.3) is 0 Å². The number of benzene rings is 1. The molecule has 1 aliphatic carbocycles. The van der Waals surface area contributed by atoms with Crippen molar-refractivity contribution < 1.29 is 9.84 Å². The summed E-state index contributed by atoms with van der Waals surface area (Å²) in [7, 11) is 0. The maximum absolute atomic E-state index is 10.6. The Hall–Kier alpha value is -0.650. The van der Waals surface area contributed by atoms with Crippen LogP contribution in [0, 0.1) is 17.8 Å². The van der Waals surface area contributed by atoms with Crippen LogP contribution in [0.3, 0.4) is 0 Å². The number of hydrogen-bond donors (Lipinski definition) is 1. The number of ether oxygens (including phenoxy) is 1. The summed E-state index contributed by atoms with van der Waals surface area (Å²) in [4.78, 5) is 4.84. The monoisotopic (exact) mass is 422 g/mol. The van der Waals surface area contributed by atoms with Gasteiger partial charge in [-0.25, -0.2) is 0 Å². The van der Waals surface area contributed by atoms with E-state index in [1.54, 1.807) is 0 Å². The second kappa shape index (κ2) is 11.1. The Bertz CT molecular complexity index is 601. The van der Waals surface area contributed by atoms with Gasteiger partial charge < -0.3 is 9.84 Å². The predicted octanol–water partition coefficient (Wildman–Crippen LogP) is 4.30. The summed E-state index contributed by atoms with van der Waals surface area (Å²) in [5.74, 6) is 2.02. The van der Waals surface area contributed by atoms with Gasteiger partial charge in [-0.15, -0.1) is 0 Å². The van der Waals surface area contributed by atoms with Gasteiger partial charge in [-0.05, 0) is 48.3 Å². The molecular weight excluding hydrogens is 384 g/mol. The van der Waals surface area contributed by atoms with Gasteiger partial charge in [0.15, 0.2) is 0 Å². The minimum Gasteiger partial charge on any atom is -0.389 e. The van der Waals surface area contributed by atoms with E-state index in [0.29, 0.717) is 31.1 Å². The Morgan fingerprint density at radius 3 is 2.38 bits per heavy atom. The van der Waals surface area contributed by atoms with E-state index < -0.39 is 6.10 Å². The van der Waals surface area contributed by atoms with Crippen LogP contribution in [0.2, 0.25) is 5.02 Å². The first kappa shape index (κ1) is 23.0. The van der Waals surface area contributed by atoms with Crippen LogP contribution in [0.25, 0.3) is 0 Å². The van der Waals surface area contributed by atoms with Gasteiger partial charge in [0.2, 0.25) is 0 Å². The van der Waals surface area contributed by atoms with Crippen molar-refractivity contribution in [2.45, 2.75) is 58.8 Å². The summed E-state index contributed by atoms with van der Waals surface area (Å²) in [6, 6.07) is 8.12. The van der Waals surface area contributed by atoms with Gasteiger partial charge in [-0.2, -0.15) is 0 Å². The lowest BCUT2D eigenvalue weighted by molar-refractivity contribution is -0.0755. The molecule has 3 rings (SSSR count). The second-order valence-electron chi connectivity index (χ2n) is 9.55. The first-order valence-electron chi connectivity index (χ1n) is 11.4. The van der Waals surface area contributed by atoms with E-state index in [1.165, 1.54) is 18.4 Å². The van der Waals surface area contributed by atoms with Crippen LogP contribution in [0.5, 0.6) is 0 Å². The molecule has 0 bridgehead atoms. The molecule has 1 aliphatic heterocycles. The maximum atomic E-state index is 10.6. The second-order valence-corrected chi connectivity index (χ2v) is 9.99. The average molecular weight is 423 g/mol. The molecule has 1 N–H and O–H groups in total. The Labute approximate surface area is 182 Å². The molecule has 0 amide bonds. The number of hydrogen-bond acceptors (Lipinski definition) is 4. The molecular formula is C24H39ClN2O2. The largest absolute Gasteiger partial charge is 0.389 e. The molecule has 1 heterocycles. The zero-order valence-corrected chi connectivity index (χ0v) is 19.2. The lowest BCUT2D eigenvalue weighted by atomic mass is 9.75. The topological polar surface area (TPSA) is 35.9 Å². The molecule has 0 aromatic heterocycles. The number of piperazine rings is 1. The van der Waals surface area contributed by atoms with Crippen molar-refractivity contribution >= 4 is 11.6 Å². The SMILES string of the molecule is CC(C)[C@@H]1CC[C@@H](C)C[C@H]1OC[C@H](O)CN1CCN(Cc2ccc(Cl)cc2)CC1. The van der Waals surface area contributed by atoms with Crippen LogP contribution in [0.1, 0.15) is 45.6 Å². The number of aliphatic hydroxyl groups is 1. The molecule has 1 aromatic carbocycles. The van der Waals surface area contributed by atoms with Crippen molar-refractivity contribution in [3.63, 3.8) is 0 Å². The van der Waals surface area contributed by atoms with E-state index in [-0.39, 0.29) is 0 Å². The molecule has 2 fully saturated rings. The van der Waals surface area contributed by atoms with Gasteiger partial charge in [0, 0.05) is 44.3 Å². The summed E-state index contributed by atoms with van der Waals surface area (Å²) in [6.07, 6.45) is 3.62. The normalized spacial score (nSPS) is 28.0. The molecule has 1 saturated heterocycles. The lowest BCUT2D eigenvalue weighted by Crippen LogP contribution is -2.49. The summed E-state index contributed by atoms with van der Waals surface area (Å²) in [5.41, 5.74) is 1.30. The van der Waals surface area contributed by atoms with Crippen molar-refractivity contribution in [2.24, 2.45) is 17.8 Å². The quantitative estimate of drug-likeness (QED) is 0.677. The number of rotatable bonds is 8.